The Hall–Kier alpha value is -1.31. The van der Waals surface area contributed by atoms with Gasteiger partial charge in [0.1, 0.15) is 0 Å². The van der Waals surface area contributed by atoms with E-state index in [2.05, 4.69) is 36.9 Å². The van der Waals surface area contributed by atoms with Crippen LogP contribution in [0.3, 0.4) is 0 Å². The molecule has 1 fully saturated rings. The van der Waals surface area contributed by atoms with Gasteiger partial charge in [-0.1, -0.05) is 18.2 Å². The Bertz CT molecular complexity index is 364. The molecule has 0 unspecified atom stereocenters. The molecule has 1 aliphatic rings. The molecule has 0 spiro atoms. The van der Waals surface area contributed by atoms with Crippen molar-refractivity contribution in [2.75, 3.05) is 18.0 Å². The van der Waals surface area contributed by atoms with Crippen molar-refractivity contribution >= 4 is 11.5 Å². The van der Waals surface area contributed by atoms with E-state index in [1.807, 2.05) is 0 Å². The molecule has 0 saturated carbocycles. The van der Waals surface area contributed by atoms with Crippen LogP contribution in [0.5, 0.6) is 0 Å². The summed E-state index contributed by atoms with van der Waals surface area (Å²) in [6.07, 6.45) is 1.74. The van der Waals surface area contributed by atoms with Gasteiger partial charge in [-0.05, 0) is 31.4 Å². The number of piperidine rings is 1. The number of para-hydroxylation sites is 1. The number of hydrogen-bond donors (Lipinski definition) is 0. The molecule has 1 saturated heterocycles. The maximum absolute atomic E-state index is 11.4. The molecule has 1 aromatic rings. The fourth-order valence-corrected chi connectivity index (χ4v) is 2.33. The van der Waals surface area contributed by atoms with Crippen molar-refractivity contribution in [3.05, 3.63) is 29.3 Å². The van der Waals surface area contributed by atoms with Crippen molar-refractivity contribution in [2.24, 2.45) is 0 Å². The van der Waals surface area contributed by atoms with E-state index in [4.69, 9.17) is 0 Å². The van der Waals surface area contributed by atoms with Crippen molar-refractivity contribution in [1.82, 2.24) is 0 Å². The largest absolute Gasteiger partial charge is 0.364 e. The van der Waals surface area contributed by atoms with Gasteiger partial charge in [0.25, 0.3) is 0 Å². The Morgan fingerprint density at radius 1 is 1.20 bits per heavy atom. The predicted octanol–water partition coefficient (Wildman–Crippen LogP) is 2.47. The molecule has 0 aromatic heterocycles. The smallest absolute Gasteiger partial charge is 0.152 e. The van der Waals surface area contributed by atoms with E-state index < -0.39 is 0 Å². The number of ketones is 1. The average Bonchev–Trinajstić information content (AvgIpc) is 2.17. The second kappa shape index (κ2) is 4.05. The summed E-state index contributed by atoms with van der Waals surface area (Å²) in [4.78, 5) is 13.6. The molecule has 0 atom stereocenters. The Morgan fingerprint density at radius 3 is 2.47 bits per heavy atom. The van der Waals surface area contributed by atoms with Crippen molar-refractivity contribution < 1.29 is 4.79 Å². The molecule has 0 N–H and O–H groups in total. The van der Waals surface area contributed by atoms with Crippen molar-refractivity contribution in [1.29, 1.82) is 0 Å². The zero-order chi connectivity index (χ0) is 10.8. The summed E-state index contributed by atoms with van der Waals surface area (Å²) in [5, 5.41) is 0. The van der Waals surface area contributed by atoms with Gasteiger partial charge in [-0.15, -0.1) is 0 Å². The van der Waals surface area contributed by atoms with Crippen LogP contribution in [-0.4, -0.2) is 18.9 Å². The van der Waals surface area contributed by atoms with Gasteiger partial charge in [-0.2, -0.15) is 0 Å². The van der Waals surface area contributed by atoms with Gasteiger partial charge in [-0.25, -0.2) is 0 Å². The van der Waals surface area contributed by atoms with Gasteiger partial charge < -0.3 is 4.90 Å². The monoisotopic (exact) mass is 203 g/mol. The van der Waals surface area contributed by atoms with Crippen LogP contribution in [0, 0.1) is 13.8 Å². The number of rotatable bonds is 1. The molecule has 0 amide bonds. The summed E-state index contributed by atoms with van der Waals surface area (Å²) in [7, 11) is 0. The maximum atomic E-state index is 11.4. The summed E-state index contributed by atoms with van der Waals surface area (Å²) in [6.45, 7) is 5.83. The summed E-state index contributed by atoms with van der Waals surface area (Å²) in [5.74, 6) is 0.365. The normalized spacial score (nSPS) is 16.9. The van der Waals surface area contributed by atoms with Crippen LogP contribution in [0.2, 0.25) is 0 Å². The highest BCUT2D eigenvalue weighted by molar-refractivity contribution is 5.85. The van der Waals surface area contributed by atoms with Crippen molar-refractivity contribution in [2.45, 2.75) is 26.7 Å². The number of benzene rings is 1. The lowest BCUT2D eigenvalue weighted by Crippen LogP contribution is -2.36. The summed E-state index contributed by atoms with van der Waals surface area (Å²) < 4.78 is 0. The molecule has 2 rings (SSSR count). The first-order valence-corrected chi connectivity index (χ1v) is 5.51. The number of hydrogen-bond acceptors (Lipinski definition) is 2. The number of carbonyl (C=O) groups excluding carboxylic acids is 1. The first-order chi connectivity index (χ1) is 7.18. The first kappa shape index (κ1) is 10.2. The molecule has 80 valence electrons. The lowest BCUT2D eigenvalue weighted by atomic mass is 10.0. The third-order valence-electron chi connectivity index (χ3n) is 3.01. The van der Waals surface area contributed by atoms with Gasteiger partial charge in [0.15, 0.2) is 5.78 Å². The standard InChI is InChI=1S/C13H17NO/c1-10-5-3-6-11(2)13(10)14-8-4-7-12(15)9-14/h3,5-6H,4,7-9H2,1-2H3. The quantitative estimate of drug-likeness (QED) is 0.699. The third-order valence-corrected chi connectivity index (χ3v) is 3.01. The molecular weight excluding hydrogens is 186 g/mol. The van der Waals surface area contributed by atoms with Crippen LogP contribution in [0.1, 0.15) is 24.0 Å². The topological polar surface area (TPSA) is 20.3 Å². The second-order valence-electron chi connectivity index (χ2n) is 4.30. The minimum Gasteiger partial charge on any atom is -0.364 e. The first-order valence-electron chi connectivity index (χ1n) is 5.51. The van der Waals surface area contributed by atoms with Gasteiger partial charge in [0.05, 0.1) is 6.54 Å². The molecule has 0 radical (unpaired) electrons. The number of anilines is 1. The van der Waals surface area contributed by atoms with Crippen LogP contribution >= 0.6 is 0 Å². The Morgan fingerprint density at radius 2 is 1.87 bits per heavy atom. The molecule has 0 bridgehead atoms. The molecule has 1 aliphatic heterocycles. The average molecular weight is 203 g/mol. The van der Waals surface area contributed by atoms with E-state index >= 15 is 0 Å². The predicted molar refractivity (Wildman–Crippen MR) is 62.4 cm³/mol. The summed E-state index contributed by atoms with van der Waals surface area (Å²) >= 11 is 0. The number of carbonyl (C=O) groups is 1. The fourth-order valence-electron chi connectivity index (χ4n) is 2.33. The second-order valence-corrected chi connectivity index (χ2v) is 4.30. The Kier molecular flexibility index (Phi) is 2.76. The minimum atomic E-state index is 0.365. The highest BCUT2D eigenvalue weighted by Crippen LogP contribution is 2.26. The van der Waals surface area contributed by atoms with E-state index in [0.717, 1.165) is 19.4 Å². The van der Waals surface area contributed by atoms with Gasteiger partial charge in [-0.3, -0.25) is 4.79 Å². The van der Waals surface area contributed by atoms with E-state index in [1.54, 1.807) is 0 Å². The molecule has 2 heteroatoms. The summed E-state index contributed by atoms with van der Waals surface area (Å²) in [6, 6.07) is 6.29. The van der Waals surface area contributed by atoms with E-state index in [1.165, 1.54) is 16.8 Å². The summed E-state index contributed by atoms with van der Waals surface area (Å²) in [5.41, 5.74) is 3.79. The number of Topliss-reactive ketones (excluding diaryl/α,β-unsaturated/α-hetero) is 1. The highest BCUT2D eigenvalue weighted by atomic mass is 16.1. The van der Waals surface area contributed by atoms with E-state index in [9.17, 15) is 4.79 Å². The lowest BCUT2D eigenvalue weighted by Gasteiger charge is -2.30. The SMILES string of the molecule is Cc1cccc(C)c1N1CCCC(=O)C1. The Balaban J connectivity index is 2.32. The fraction of sp³-hybridized carbons (Fsp3) is 0.462. The van der Waals surface area contributed by atoms with Gasteiger partial charge >= 0.3 is 0 Å². The Labute approximate surface area is 90.9 Å². The van der Waals surface area contributed by atoms with Crippen molar-refractivity contribution in [3.8, 4) is 0 Å². The van der Waals surface area contributed by atoms with Gasteiger partial charge in [0, 0.05) is 18.7 Å². The van der Waals surface area contributed by atoms with Crippen molar-refractivity contribution in [3.63, 3.8) is 0 Å². The minimum absolute atomic E-state index is 0.365. The third kappa shape index (κ3) is 2.04. The van der Waals surface area contributed by atoms with E-state index in [0.29, 0.717) is 12.3 Å². The number of aryl methyl sites for hydroxylation is 2. The molecule has 1 aromatic carbocycles. The molecular formula is C13H17NO. The maximum Gasteiger partial charge on any atom is 0.152 e. The van der Waals surface area contributed by atoms with E-state index in [-0.39, 0.29) is 0 Å². The van der Waals surface area contributed by atoms with Crippen LogP contribution in [0.15, 0.2) is 18.2 Å². The zero-order valence-electron chi connectivity index (χ0n) is 9.42. The van der Waals surface area contributed by atoms with Gasteiger partial charge in [0.2, 0.25) is 0 Å². The van der Waals surface area contributed by atoms with Crippen LogP contribution in [0.25, 0.3) is 0 Å². The molecule has 1 heterocycles. The number of nitrogens with zero attached hydrogens (tertiary/aromatic N) is 1. The molecule has 2 nitrogen and oxygen atoms in total. The molecule has 15 heavy (non-hydrogen) atoms. The van der Waals surface area contributed by atoms with Crippen LogP contribution in [0.4, 0.5) is 5.69 Å². The van der Waals surface area contributed by atoms with Crippen LogP contribution < -0.4 is 4.90 Å². The molecule has 0 aliphatic carbocycles. The highest BCUT2D eigenvalue weighted by Gasteiger charge is 2.19. The lowest BCUT2D eigenvalue weighted by molar-refractivity contribution is -0.118. The zero-order valence-corrected chi connectivity index (χ0v) is 9.42. The van der Waals surface area contributed by atoms with Crippen LogP contribution in [-0.2, 0) is 4.79 Å².